The van der Waals surface area contributed by atoms with E-state index in [1.165, 1.54) is 12.4 Å². The summed E-state index contributed by atoms with van der Waals surface area (Å²) < 4.78 is 20.4. The first-order valence-electron chi connectivity index (χ1n) is 7.26. The van der Waals surface area contributed by atoms with Gasteiger partial charge in [0, 0.05) is 6.42 Å². The van der Waals surface area contributed by atoms with Gasteiger partial charge in [0.25, 0.3) is 0 Å². The Morgan fingerprint density at radius 1 is 1.45 bits per heavy atom. The van der Waals surface area contributed by atoms with Crippen LogP contribution in [0.5, 0.6) is 5.75 Å². The fourth-order valence-electron chi connectivity index (χ4n) is 2.49. The molecule has 1 aliphatic rings. The molecule has 0 aliphatic carbocycles. The van der Waals surface area contributed by atoms with Crippen LogP contribution in [0.1, 0.15) is 12.2 Å². The minimum atomic E-state index is -0.403. The highest BCUT2D eigenvalue weighted by atomic mass is 19.1. The Hall–Kier alpha value is -2.44. The molecule has 1 unspecified atom stereocenters. The van der Waals surface area contributed by atoms with E-state index in [1.807, 2.05) is 0 Å². The highest BCUT2D eigenvalue weighted by Crippen LogP contribution is 2.17. The van der Waals surface area contributed by atoms with E-state index in [4.69, 9.17) is 4.74 Å². The van der Waals surface area contributed by atoms with Crippen LogP contribution in [0, 0.1) is 11.7 Å². The predicted molar refractivity (Wildman–Crippen MR) is 76.7 cm³/mol. The zero-order valence-corrected chi connectivity index (χ0v) is 12.0. The van der Waals surface area contributed by atoms with Crippen molar-refractivity contribution >= 4 is 5.91 Å². The second-order valence-corrected chi connectivity index (χ2v) is 5.16. The number of ether oxygens (including phenoxy) is 1. The van der Waals surface area contributed by atoms with Gasteiger partial charge in [0.05, 0.1) is 19.0 Å². The first-order chi connectivity index (χ1) is 10.7. The lowest BCUT2D eigenvalue weighted by Crippen LogP contribution is -2.38. The molecule has 0 spiro atoms. The van der Waals surface area contributed by atoms with Gasteiger partial charge in [-0.1, -0.05) is 12.1 Å². The molecule has 6 nitrogen and oxygen atoms in total. The Balaban J connectivity index is 1.43. The summed E-state index contributed by atoms with van der Waals surface area (Å²) in [5, 5.41) is 6.91. The van der Waals surface area contributed by atoms with E-state index in [-0.39, 0.29) is 24.2 Å². The van der Waals surface area contributed by atoms with Crippen LogP contribution in [0.3, 0.4) is 0 Å². The van der Waals surface area contributed by atoms with Gasteiger partial charge in [-0.3, -0.25) is 4.79 Å². The number of carbonyl (C=O) groups excluding carboxylic acids is 1. The molecule has 0 saturated heterocycles. The third kappa shape index (κ3) is 3.24. The van der Waals surface area contributed by atoms with Gasteiger partial charge in [-0.2, -0.15) is 5.10 Å². The summed E-state index contributed by atoms with van der Waals surface area (Å²) in [6.07, 6.45) is 3.03. The van der Waals surface area contributed by atoms with Crippen LogP contribution in [0.4, 0.5) is 4.39 Å². The number of para-hydroxylation sites is 1. The number of carbonyl (C=O) groups is 1. The summed E-state index contributed by atoms with van der Waals surface area (Å²) in [5.74, 6) is 0.578. The van der Waals surface area contributed by atoms with E-state index in [0.717, 1.165) is 18.7 Å². The van der Waals surface area contributed by atoms with Crippen molar-refractivity contribution in [3.05, 3.63) is 42.2 Å². The number of amides is 1. The first-order valence-corrected chi connectivity index (χ1v) is 7.26. The number of aromatic nitrogens is 3. The molecule has 1 aliphatic heterocycles. The van der Waals surface area contributed by atoms with E-state index < -0.39 is 5.82 Å². The number of hydrogen-bond acceptors (Lipinski definition) is 4. The summed E-state index contributed by atoms with van der Waals surface area (Å²) in [4.78, 5) is 16.2. The fourth-order valence-corrected chi connectivity index (χ4v) is 2.49. The lowest BCUT2D eigenvalue weighted by molar-refractivity contribution is -0.126. The Kier molecular flexibility index (Phi) is 4.32. The third-order valence-corrected chi connectivity index (χ3v) is 3.67. The van der Waals surface area contributed by atoms with Crippen LogP contribution in [0.25, 0.3) is 0 Å². The van der Waals surface area contributed by atoms with Gasteiger partial charge in [-0.15, -0.1) is 0 Å². The highest BCUT2D eigenvalue weighted by molar-refractivity contribution is 5.78. The fraction of sp³-hybridized carbons (Fsp3) is 0.400. The van der Waals surface area contributed by atoms with Gasteiger partial charge in [0.2, 0.25) is 5.91 Å². The summed E-state index contributed by atoms with van der Waals surface area (Å²) in [5.41, 5.74) is 0. The van der Waals surface area contributed by atoms with Crippen molar-refractivity contribution < 1.29 is 13.9 Å². The van der Waals surface area contributed by atoms with Crippen LogP contribution in [-0.2, 0) is 17.8 Å². The molecule has 3 rings (SSSR count). The molecule has 1 aromatic carbocycles. The average molecular weight is 304 g/mol. The molecule has 7 heteroatoms. The first kappa shape index (κ1) is 14.5. The van der Waals surface area contributed by atoms with Gasteiger partial charge < -0.3 is 10.1 Å². The molecule has 2 heterocycles. The van der Waals surface area contributed by atoms with Crippen LogP contribution in [0.15, 0.2) is 30.6 Å². The van der Waals surface area contributed by atoms with E-state index in [2.05, 4.69) is 15.4 Å². The number of nitrogens with one attached hydrogen (secondary N) is 1. The van der Waals surface area contributed by atoms with Crippen LogP contribution >= 0.6 is 0 Å². The smallest absolute Gasteiger partial charge is 0.225 e. The van der Waals surface area contributed by atoms with Crippen molar-refractivity contribution in [2.45, 2.75) is 19.4 Å². The lowest BCUT2D eigenvalue weighted by Gasteiger charge is -2.21. The summed E-state index contributed by atoms with van der Waals surface area (Å²) in [6.45, 7) is 1.12. The van der Waals surface area contributed by atoms with Crippen LogP contribution < -0.4 is 10.1 Å². The standard InChI is InChI=1S/C15H17FN4O2/c16-12-3-1-2-4-13(12)22-8-7-17-15(21)11-5-6-14-18-10-19-20(14)9-11/h1-4,10-11H,5-9H2,(H,17,21). The van der Waals surface area contributed by atoms with Gasteiger partial charge in [0.15, 0.2) is 11.6 Å². The van der Waals surface area contributed by atoms with Gasteiger partial charge >= 0.3 is 0 Å². The number of rotatable bonds is 5. The minimum absolute atomic E-state index is 0.0294. The topological polar surface area (TPSA) is 69.0 Å². The number of fused-ring (bicyclic) bond motifs is 1. The minimum Gasteiger partial charge on any atom is -0.489 e. The van der Waals surface area contributed by atoms with Crippen molar-refractivity contribution in [3.63, 3.8) is 0 Å². The molecule has 116 valence electrons. The Morgan fingerprint density at radius 3 is 3.18 bits per heavy atom. The SMILES string of the molecule is O=C(NCCOc1ccccc1F)C1CCc2ncnn2C1. The monoisotopic (exact) mass is 304 g/mol. The third-order valence-electron chi connectivity index (χ3n) is 3.67. The lowest BCUT2D eigenvalue weighted by atomic mass is 9.99. The number of hydrogen-bond donors (Lipinski definition) is 1. The van der Waals surface area contributed by atoms with Crippen molar-refractivity contribution in [1.29, 1.82) is 0 Å². The maximum Gasteiger partial charge on any atom is 0.225 e. The Bertz CT molecular complexity index is 658. The summed E-state index contributed by atoms with van der Waals surface area (Å²) >= 11 is 0. The van der Waals surface area contributed by atoms with E-state index in [1.54, 1.807) is 22.9 Å². The number of halogens is 1. The second kappa shape index (κ2) is 6.55. The van der Waals surface area contributed by atoms with E-state index in [9.17, 15) is 9.18 Å². The molecule has 0 fully saturated rings. The van der Waals surface area contributed by atoms with Crippen molar-refractivity contribution in [2.24, 2.45) is 5.92 Å². The normalized spacial score (nSPS) is 16.9. The maximum atomic E-state index is 13.3. The van der Waals surface area contributed by atoms with E-state index >= 15 is 0 Å². The van der Waals surface area contributed by atoms with Gasteiger partial charge in [0.1, 0.15) is 18.8 Å². The van der Waals surface area contributed by atoms with Gasteiger partial charge in [-0.05, 0) is 18.6 Å². The molecule has 1 aromatic heterocycles. The molecule has 2 aromatic rings. The van der Waals surface area contributed by atoms with Crippen LogP contribution in [0.2, 0.25) is 0 Å². The molecule has 0 radical (unpaired) electrons. The molecule has 0 bridgehead atoms. The number of benzene rings is 1. The zero-order valence-electron chi connectivity index (χ0n) is 12.0. The molecular weight excluding hydrogens is 287 g/mol. The number of nitrogens with zero attached hydrogens (tertiary/aromatic N) is 3. The average Bonchev–Trinajstić information content (AvgIpc) is 3.00. The van der Waals surface area contributed by atoms with Crippen molar-refractivity contribution in [3.8, 4) is 5.75 Å². The zero-order chi connectivity index (χ0) is 15.4. The van der Waals surface area contributed by atoms with Crippen LogP contribution in [-0.4, -0.2) is 33.8 Å². The molecule has 1 atom stereocenters. The molecule has 0 saturated carbocycles. The van der Waals surface area contributed by atoms with Crippen molar-refractivity contribution in [1.82, 2.24) is 20.1 Å². The van der Waals surface area contributed by atoms with Crippen molar-refractivity contribution in [2.75, 3.05) is 13.2 Å². The second-order valence-electron chi connectivity index (χ2n) is 5.16. The van der Waals surface area contributed by atoms with E-state index in [0.29, 0.717) is 13.1 Å². The Morgan fingerprint density at radius 2 is 2.32 bits per heavy atom. The number of aryl methyl sites for hydroxylation is 1. The summed E-state index contributed by atoms with van der Waals surface area (Å²) in [6, 6.07) is 6.20. The molecular formula is C15H17FN4O2. The van der Waals surface area contributed by atoms with Gasteiger partial charge in [-0.25, -0.2) is 14.1 Å². The quantitative estimate of drug-likeness (QED) is 0.842. The summed E-state index contributed by atoms with van der Waals surface area (Å²) in [7, 11) is 0. The molecule has 1 N–H and O–H groups in total. The molecule has 1 amide bonds. The largest absolute Gasteiger partial charge is 0.489 e. The molecule has 22 heavy (non-hydrogen) atoms. The predicted octanol–water partition coefficient (Wildman–Crippen LogP) is 1.17. The maximum absolute atomic E-state index is 13.3. The Labute approximate surface area is 127 Å². The highest BCUT2D eigenvalue weighted by Gasteiger charge is 2.25.